The molecule has 1 atom stereocenters. The number of halogens is 1. The molecule has 0 radical (unpaired) electrons. The summed E-state index contributed by atoms with van der Waals surface area (Å²) in [4.78, 5) is 22.5. The zero-order chi connectivity index (χ0) is 20.7. The monoisotopic (exact) mass is 411 g/mol. The summed E-state index contributed by atoms with van der Waals surface area (Å²) in [6, 6.07) is 7.95. The summed E-state index contributed by atoms with van der Waals surface area (Å²) in [5, 5.41) is 21.1. The Morgan fingerprint density at radius 3 is 2.87 bits per heavy atom. The first-order valence-electron chi connectivity index (χ1n) is 9.34. The van der Waals surface area contributed by atoms with Crippen LogP contribution >= 0.6 is 0 Å². The van der Waals surface area contributed by atoms with E-state index in [1.54, 1.807) is 29.3 Å². The van der Waals surface area contributed by atoms with Gasteiger partial charge in [0.15, 0.2) is 12.0 Å². The SMILES string of the molecule is O=C(CN1c2ncccc2C(O)n2nc(NC3COC3)cc21)Nc1ccc(F)cn1. The van der Waals surface area contributed by atoms with Gasteiger partial charge in [0, 0.05) is 17.8 Å². The zero-order valence-electron chi connectivity index (χ0n) is 15.7. The van der Waals surface area contributed by atoms with Crippen LogP contribution in [-0.4, -0.2) is 56.6 Å². The van der Waals surface area contributed by atoms with Crippen molar-refractivity contribution in [3.63, 3.8) is 0 Å². The third-order valence-electron chi connectivity index (χ3n) is 4.86. The number of nitrogens with one attached hydrogen (secondary N) is 2. The fourth-order valence-corrected chi connectivity index (χ4v) is 3.37. The Morgan fingerprint density at radius 2 is 2.13 bits per heavy atom. The highest BCUT2D eigenvalue weighted by Crippen LogP contribution is 2.39. The molecule has 1 saturated heterocycles. The summed E-state index contributed by atoms with van der Waals surface area (Å²) < 4.78 is 19.7. The van der Waals surface area contributed by atoms with Crippen LogP contribution in [0.2, 0.25) is 0 Å². The second-order valence-corrected chi connectivity index (χ2v) is 7.00. The van der Waals surface area contributed by atoms with Gasteiger partial charge >= 0.3 is 0 Å². The van der Waals surface area contributed by atoms with Crippen molar-refractivity contribution in [3.05, 3.63) is 54.1 Å². The van der Waals surface area contributed by atoms with Crippen LogP contribution in [0.5, 0.6) is 0 Å². The van der Waals surface area contributed by atoms with Gasteiger partial charge in [-0.2, -0.15) is 5.10 Å². The Labute approximate surface area is 170 Å². The molecule has 3 N–H and O–H groups in total. The highest BCUT2D eigenvalue weighted by atomic mass is 19.1. The number of rotatable bonds is 5. The summed E-state index contributed by atoms with van der Waals surface area (Å²) in [5.74, 6) is 0.904. The number of hydrogen-bond acceptors (Lipinski definition) is 8. The molecule has 11 heteroatoms. The zero-order valence-corrected chi connectivity index (χ0v) is 15.7. The fraction of sp³-hybridized carbons (Fsp3) is 0.263. The lowest BCUT2D eigenvalue weighted by Crippen LogP contribution is -2.40. The number of aliphatic hydroxyl groups is 1. The van der Waals surface area contributed by atoms with Crippen LogP contribution in [0, 0.1) is 5.82 Å². The second kappa shape index (κ2) is 7.35. The van der Waals surface area contributed by atoms with Crippen molar-refractivity contribution in [1.29, 1.82) is 0 Å². The topological polar surface area (TPSA) is 117 Å². The molecule has 2 aliphatic rings. The van der Waals surface area contributed by atoms with Gasteiger partial charge in [-0.1, -0.05) is 0 Å². The highest BCUT2D eigenvalue weighted by molar-refractivity contribution is 5.94. The summed E-state index contributed by atoms with van der Waals surface area (Å²) in [5.41, 5.74) is 0.527. The molecular formula is C19H18FN7O3. The Hall–Kier alpha value is -3.57. The molecule has 1 fully saturated rings. The van der Waals surface area contributed by atoms with Crippen molar-refractivity contribution >= 4 is 29.2 Å². The predicted molar refractivity (Wildman–Crippen MR) is 105 cm³/mol. The van der Waals surface area contributed by atoms with Gasteiger partial charge in [0.25, 0.3) is 0 Å². The lowest BCUT2D eigenvalue weighted by molar-refractivity contribution is -0.114. The Bertz CT molecular complexity index is 1080. The predicted octanol–water partition coefficient (Wildman–Crippen LogP) is 1.25. The third kappa shape index (κ3) is 3.33. The maximum atomic E-state index is 13.0. The van der Waals surface area contributed by atoms with E-state index < -0.39 is 12.0 Å². The Morgan fingerprint density at radius 1 is 1.27 bits per heavy atom. The molecule has 0 saturated carbocycles. The molecule has 0 aromatic carbocycles. The summed E-state index contributed by atoms with van der Waals surface area (Å²) in [6.07, 6.45) is 1.59. The lowest BCUT2D eigenvalue weighted by atomic mass is 10.1. The summed E-state index contributed by atoms with van der Waals surface area (Å²) in [6.45, 7) is 1.07. The highest BCUT2D eigenvalue weighted by Gasteiger charge is 2.33. The first-order valence-corrected chi connectivity index (χ1v) is 9.34. The van der Waals surface area contributed by atoms with Crippen LogP contribution in [0.1, 0.15) is 11.8 Å². The molecule has 0 bridgehead atoms. The summed E-state index contributed by atoms with van der Waals surface area (Å²) >= 11 is 0. The van der Waals surface area contributed by atoms with Crippen LogP contribution in [0.15, 0.2) is 42.7 Å². The standard InChI is InChI=1S/C19H18FN7O3/c20-11-3-4-14(22-7-11)24-16(28)8-26-17-6-15(23-12-9-30-10-12)25-27(17)19(29)13-2-1-5-21-18(13)26/h1-7,12,19,29H,8-10H2,(H,23,25)(H,22,24,28). The normalized spacial score (nSPS) is 17.7. The second-order valence-electron chi connectivity index (χ2n) is 7.00. The molecule has 1 unspecified atom stereocenters. The minimum atomic E-state index is -1.03. The molecule has 5 rings (SSSR count). The number of aromatic nitrogens is 4. The van der Waals surface area contributed by atoms with Gasteiger partial charge in [-0.15, -0.1) is 0 Å². The molecular weight excluding hydrogens is 393 g/mol. The van der Waals surface area contributed by atoms with E-state index in [1.165, 1.54) is 16.8 Å². The van der Waals surface area contributed by atoms with E-state index in [2.05, 4.69) is 25.7 Å². The van der Waals surface area contributed by atoms with Crippen molar-refractivity contribution < 1.29 is 19.0 Å². The number of carbonyl (C=O) groups excluding carboxylic acids is 1. The average molecular weight is 411 g/mol. The minimum absolute atomic E-state index is 0.104. The molecule has 10 nitrogen and oxygen atoms in total. The molecule has 3 aromatic heterocycles. The van der Waals surface area contributed by atoms with Crippen LogP contribution in [0.4, 0.5) is 27.7 Å². The molecule has 2 aliphatic heterocycles. The van der Waals surface area contributed by atoms with E-state index >= 15 is 0 Å². The first-order chi connectivity index (χ1) is 14.6. The Balaban J connectivity index is 1.44. The molecule has 1 amide bonds. The van der Waals surface area contributed by atoms with Gasteiger partial charge < -0.3 is 25.4 Å². The lowest BCUT2D eigenvalue weighted by Gasteiger charge is -2.32. The molecule has 154 valence electrons. The summed E-state index contributed by atoms with van der Waals surface area (Å²) in [7, 11) is 0. The number of hydrogen-bond donors (Lipinski definition) is 3. The van der Waals surface area contributed by atoms with Crippen molar-refractivity contribution in [3.8, 4) is 0 Å². The van der Waals surface area contributed by atoms with Crippen LogP contribution in [-0.2, 0) is 9.53 Å². The fourth-order valence-electron chi connectivity index (χ4n) is 3.37. The number of nitrogens with zero attached hydrogens (tertiary/aromatic N) is 5. The maximum Gasteiger partial charge on any atom is 0.245 e. The quantitative estimate of drug-likeness (QED) is 0.574. The molecule has 30 heavy (non-hydrogen) atoms. The number of amides is 1. The van der Waals surface area contributed by atoms with Crippen molar-refractivity contribution in [2.24, 2.45) is 0 Å². The number of carbonyl (C=O) groups is 1. The van der Waals surface area contributed by atoms with Crippen molar-refractivity contribution in [2.75, 3.05) is 35.3 Å². The van der Waals surface area contributed by atoms with Crippen molar-refractivity contribution in [1.82, 2.24) is 19.7 Å². The van der Waals surface area contributed by atoms with E-state index in [-0.39, 0.29) is 24.3 Å². The molecule has 5 heterocycles. The van der Waals surface area contributed by atoms with E-state index in [0.717, 1.165) is 6.20 Å². The Kier molecular flexibility index (Phi) is 4.52. The maximum absolute atomic E-state index is 13.0. The smallest absolute Gasteiger partial charge is 0.245 e. The first kappa shape index (κ1) is 18.5. The number of fused-ring (bicyclic) bond motifs is 2. The number of anilines is 4. The number of ether oxygens (including phenoxy) is 1. The molecule has 0 spiro atoms. The molecule has 3 aromatic rings. The van der Waals surface area contributed by atoms with Gasteiger partial charge in [0.05, 0.1) is 25.5 Å². The van der Waals surface area contributed by atoms with Crippen LogP contribution in [0.3, 0.4) is 0 Å². The van der Waals surface area contributed by atoms with E-state index in [1.807, 2.05) is 0 Å². The van der Waals surface area contributed by atoms with Gasteiger partial charge in [-0.25, -0.2) is 19.0 Å². The van der Waals surface area contributed by atoms with Crippen LogP contribution in [0.25, 0.3) is 0 Å². The number of aliphatic hydroxyl groups excluding tert-OH is 1. The van der Waals surface area contributed by atoms with Crippen LogP contribution < -0.4 is 15.5 Å². The van der Waals surface area contributed by atoms with Gasteiger partial charge in [-0.05, 0) is 24.3 Å². The van der Waals surface area contributed by atoms with Gasteiger partial charge in [0.2, 0.25) is 5.91 Å². The average Bonchev–Trinajstić information content (AvgIpc) is 3.14. The van der Waals surface area contributed by atoms with E-state index in [9.17, 15) is 14.3 Å². The van der Waals surface area contributed by atoms with E-state index in [4.69, 9.17) is 4.74 Å². The van der Waals surface area contributed by atoms with Gasteiger partial charge in [-0.3, -0.25) is 4.79 Å². The molecule has 0 aliphatic carbocycles. The number of pyridine rings is 2. The third-order valence-corrected chi connectivity index (χ3v) is 4.86. The van der Waals surface area contributed by atoms with E-state index in [0.29, 0.717) is 36.2 Å². The van der Waals surface area contributed by atoms with Crippen molar-refractivity contribution in [2.45, 2.75) is 12.3 Å². The van der Waals surface area contributed by atoms with Gasteiger partial charge in [0.1, 0.15) is 29.8 Å². The largest absolute Gasteiger partial charge is 0.377 e. The minimum Gasteiger partial charge on any atom is -0.377 e.